The van der Waals surface area contributed by atoms with Gasteiger partial charge in [0.15, 0.2) is 0 Å². The van der Waals surface area contributed by atoms with Crippen LogP contribution < -0.4 is 0 Å². The largest absolute Gasteiger partial charge is 0.391 e. The van der Waals surface area contributed by atoms with Crippen molar-refractivity contribution in [1.82, 2.24) is 0 Å². The van der Waals surface area contributed by atoms with Crippen LogP contribution in [0.3, 0.4) is 0 Å². The SMILES string of the molecule is OC[C@@]1(O)OCC(O)(O)[C@@H](O)[C@@H]1O. The van der Waals surface area contributed by atoms with E-state index in [0.29, 0.717) is 0 Å². The average molecular weight is 196 g/mol. The number of rotatable bonds is 1. The average Bonchev–Trinajstić information content (AvgIpc) is 2.10. The Morgan fingerprint density at radius 1 is 1.15 bits per heavy atom. The van der Waals surface area contributed by atoms with Crippen molar-refractivity contribution < 1.29 is 35.4 Å². The van der Waals surface area contributed by atoms with E-state index in [9.17, 15) is 5.11 Å². The highest BCUT2D eigenvalue weighted by molar-refractivity contribution is 4.94. The minimum atomic E-state index is -2.62. The van der Waals surface area contributed by atoms with Crippen LogP contribution in [0.5, 0.6) is 0 Å². The summed E-state index contributed by atoms with van der Waals surface area (Å²) < 4.78 is 4.41. The monoisotopic (exact) mass is 196 g/mol. The molecular formula is C6H12O7. The second-order valence-electron chi connectivity index (χ2n) is 3.06. The zero-order valence-corrected chi connectivity index (χ0v) is 6.66. The fourth-order valence-electron chi connectivity index (χ4n) is 1.04. The van der Waals surface area contributed by atoms with Crippen LogP contribution in [0.2, 0.25) is 0 Å². The van der Waals surface area contributed by atoms with Crippen LogP contribution in [0, 0.1) is 0 Å². The second-order valence-corrected chi connectivity index (χ2v) is 3.06. The normalized spacial score (nSPS) is 44.8. The van der Waals surface area contributed by atoms with Gasteiger partial charge in [-0.15, -0.1) is 0 Å². The van der Waals surface area contributed by atoms with Crippen molar-refractivity contribution in [2.24, 2.45) is 0 Å². The van der Waals surface area contributed by atoms with Crippen LogP contribution in [-0.2, 0) is 4.74 Å². The molecule has 1 fully saturated rings. The van der Waals surface area contributed by atoms with Crippen molar-refractivity contribution in [3.05, 3.63) is 0 Å². The smallest absolute Gasteiger partial charge is 0.218 e. The van der Waals surface area contributed by atoms with Gasteiger partial charge in [-0.1, -0.05) is 0 Å². The third kappa shape index (κ3) is 1.67. The van der Waals surface area contributed by atoms with Crippen molar-refractivity contribution in [3.8, 4) is 0 Å². The zero-order valence-electron chi connectivity index (χ0n) is 6.66. The summed E-state index contributed by atoms with van der Waals surface area (Å²) in [7, 11) is 0. The first kappa shape index (κ1) is 10.8. The van der Waals surface area contributed by atoms with Crippen LogP contribution >= 0.6 is 0 Å². The molecule has 0 aliphatic carbocycles. The first-order valence-electron chi connectivity index (χ1n) is 3.61. The molecule has 78 valence electrons. The number of hydrogen-bond donors (Lipinski definition) is 6. The summed E-state index contributed by atoms with van der Waals surface area (Å²) in [5.41, 5.74) is 0. The fraction of sp³-hybridized carbons (Fsp3) is 1.00. The third-order valence-corrected chi connectivity index (χ3v) is 2.00. The molecule has 0 bridgehead atoms. The van der Waals surface area contributed by atoms with Gasteiger partial charge in [0.2, 0.25) is 11.6 Å². The minimum absolute atomic E-state index is 0.803. The van der Waals surface area contributed by atoms with Gasteiger partial charge < -0.3 is 35.4 Å². The maximum atomic E-state index is 9.25. The summed E-state index contributed by atoms with van der Waals surface area (Å²) in [5.74, 6) is -4.98. The Balaban J connectivity index is 2.82. The Hall–Kier alpha value is -0.280. The number of aliphatic hydroxyl groups excluding tert-OH is 3. The van der Waals surface area contributed by atoms with Crippen molar-refractivity contribution in [2.75, 3.05) is 13.2 Å². The Kier molecular flexibility index (Phi) is 2.61. The Morgan fingerprint density at radius 2 is 1.69 bits per heavy atom. The van der Waals surface area contributed by atoms with Gasteiger partial charge >= 0.3 is 0 Å². The van der Waals surface area contributed by atoms with Gasteiger partial charge in [-0.2, -0.15) is 0 Å². The van der Waals surface area contributed by atoms with Crippen LogP contribution in [-0.4, -0.2) is 67.6 Å². The van der Waals surface area contributed by atoms with Gasteiger partial charge in [0.1, 0.15) is 18.8 Å². The molecule has 0 spiro atoms. The van der Waals surface area contributed by atoms with Crippen LogP contribution in [0.1, 0.15) is 0 Å². The number of aliphatic hydroxyl groups is 6. The van der Waals surface area contributed by atoms with E-state index in [1.165, 1.54) is 0 Å². The molecule has 0 unspecified atom stereocenters. The lowest BCUT2D eigenvalue weighted by atomic mass is 9.95. The Bertz CT molecular complexity index is 193. The zero-order chi connectivity index (χ0) is 10.3. The summed E-state index contributed by atoms with van der Waals surface area (Å²) in [4.78, 5) is 0. The van der Waals surface area contributed by atoms with E-state index >= 15 is 0 Å². The molecule has 0 aromatic carbocycles. The fourth-order valence-corrected chi connectivity index (χ4v) is 1.04. The van der Waals surface area contributed by atoms with E-state index < -0.39 is 37.0 Å². The number of hydrogen-bond acceptors (Lipinski definition) is 7. The van der Waals surface area contributed by atoms with E-state index in [4.69, 9.17) is 25.5 Å². The molecule has 1 rings (SSSR count). The Morgan fingerprint density at radius 3 is 2.15 bits per heavy atom. The first-order valence-corrected chi connectivity index (χ1v) is 3.61. The quantitative estimate of drug-likeness (QED) is 0.236. The molecule has 1 heterocycles. The van der Waals surface area contributed by atoms with E-state index in [1.807, 2.05) is 0 Å². The van der Waals surface area contributed by atoms with Crippen LogP contribution in [0.4, 0.5) is 0 Å². The predicted octanol–water partition coefficient (Wildman–Crippen LogP) is -3.90. The lowest BCUT2D eigenvalue weighted by molar-refractivity contribution is -0.392. The molecule has 3 atom stereocenters. The first-order chi connectivity index (χ1) is 5.83. The van der Waals surface area contributed by atoms with Gasteiger partial charge in [0.05, 0.1) is 6.61 Å². The lowest BCUT2D eigenvalue weighted by Crippen LogP contribution is -2.68. The molecule has 7 heteroatoms. The summed E-state index contributed by atoms with van der Waals surface area (Å²) in [6.07, 6.45) is -3.99. The Labute approximate surface area is 73.4 Å². The second kappa shape index (κ2) is 3.14. The number of ether oxygens (including phenoxy) is 1. The van der Waals surface area contributed by atoms with Gasteiger partial charge in [-0.05, 0) is 0 Å². The van der Waals surface area contributed by atoms with Crippen LogP contribution in [0.15, 0.2) is 0 Å². The summed E-state index contributed by atoms with van der Waals surface area (Å²) in [5, 5.41) is 54.0. The van der Waals surface area contributed by atoms with Crippen molar-refractivity contribution >= 4 is 0 Å². The molecule has 0 saturated carbocycles. The van der Waals surface area contributed by atoms with Crippen molar-refractivity contribution in [1.29, 1.82) is 0 Å². The summed E-state index contributed by atoms with van der Waals surface area (Å²) in [6.45, 7) is -1.76. The molecule has 13 heavy (non-hydrogen) atoms. The molecule has 0 radical (unpaired) electrons. The van der Waals surface area contributed by atoms with Crippen LogP contribution in [0.25, 0.3) is 0 Å². The molecule has 0 aromatic rings. The molecular weight excluding hydrogens is 184 g/mol. The van der Waals surface area contributed by atoms with E-state index in [1.54, 1.807) is 0 Å². The lowest BCUT2D eigenvalue weighted by Gasteiger charge is -2.43. The highest BCUT2D eigenvalue weighted by atomic mass is 16.7. The standard InChI is InChI=1S/C6H12O7/c7-1-6(12)4(9)3(8)5(10,11)2-13-6/h3-4,7-12H,1-2H2/t3-,4-,6+/m0/s1. The van der Waals surface area contributed by atoms with E-state index in [-0.39, 0.29) is 0 Å². The maximum absolute atomic E-state index is 9.25. The molecule has 6 N–H and O–H groups in total. The topological polar surface area (TPSA) is 131 Å². The highest BCUT2D eigenvalue weighted by Crippen LogP contribution is 2.27. The molecule has 0 aromatic heterocycles. The van der Waals surface area contributed by atoms with Crippen molar-refractivity contribution in [2.45, 2.75) is 23.8 Å². The van der Waals surface area contributed by atoms with Gasteiger partial charge in [-0.3, -0.25) is 0 Å². The summed E-state index contributed by atoms with van der Waals surface area (Å²) >= 11 is 0. The molecule has 7 nitrogen and oxygen atoms in total. The molecule has 1 aliphatic heterocycles. The van der Waals surface area contributed by atoms with Gasteiger partial charge in [0.25, 0.3) is 0 Å². The van der Waals surface area contributed by atoms with E-state index in [0.717, 1.165) is 0 Å². The maximum Gasteiger partial charge on any atom is 0.218 e. The summed E-state index contributed by atoms with van der Waals surface area (Å²) in [6, 6.07) is 0. The molecule has 1 saturated heterocycles. The highest BCUT2D eigenvalue weighted by Gasteiger charge is 2.54. The predicted molar refractivity (Wildman–Crippen MR) is 37.2 cm³/mol. The van der Waals surface area contributed by atoms with Crippen molar-refractivity contribution in [3.63, 3.8) is 0 Å². The minimum Gasteiger partial charge on any atom is -0.391 e. The molecule has 0 amide bonds. The molecule has 1 aliphatic rings. The van der Waals surface area contributed by atoms with Gasteiger partial charge in [-0.25, -0.2) is 0 Å². The van der Waals surface area contributed by atoms with Gasteiger partial charge in [0, 0.05) is 0 Å². The third-order valence-electron chi connectivity index (χ3n) is 2.00. The van der Waals surface area contributed by atoms with E-state index in [2.05, 4.69) is 4.74 Å².